The smallest absolute Gasteiger partial charge is 0.251 e. The highest BCUT2D eigenvalue weighted by Crippen LogP contribution is 2.41. The molecule has 5 heteroatoms. The molecule has 116 valence electrons. The lowest BCUT2D eigenvalue weighted by atomic mass is 9.71. The molecule has 1 saturated carbocycles. The molecule has 0 unspecified atom stereocenters. The standard InChI is InChI=1S/C16H23FN2O2/c1-15(5-7-16(2,17)8-6-15)11-19-14(20)12-4-9-18-13(10-12)21-3/h4,9-10H,5-8,11H2,1-3H3,(H,19,20). The molecule has 1 heterocycles. The Balaban J connectivity index is 1.92. The number of rotatable bonds is 4. The van der Waals surface area contributed by atoms with Crippen LogP contribution in [0.15, 0.2) is 18.3 Å². The Labute approximate surface area is 125 Å². The Kier molecular flexibility index (Phi) is 4.49. The fraction of sp³-hybridized carbons (Fsp3) is 0.625. The number of carbonyl (C=O) groups is 1. The normalized spacial score (nSPS) is 29.0. The lowest BCUT2D eigenvalue weighted by Crippen LogP contribution is -2.41. The summed E-state index contributed by atoms with van der Waals surface area (Å²) in [6.45, 7) is 4.33. The topological polar surface area (TPSA) is 51.2 Å². The van der Waals surface area contributed by atoms with Crippen LogP contribution in [0.2, 0.25) is 0 Å². The second kappa shape index (κ2) is 6.00. The molecule has 0 radical (unpaired) electrons. The summed E-state index contributed by atoms with van der Waals surface area (Å²) in [5.74, 6) is 0.269. The molecule has 1 aromatic rings. The summed E-state index contributed by atoms with van der Waals surface area (Å²) >= 11 is 0. The zero-order chi connectivity index (χ0) is 15.5. The number of methoxy groups -OCH3 is 1. The number of ether oxygens (including phenoxy) is 1. The first-order chi connectivity index (χ1) is 9.84. The van der Waals surface area contributed by atoms with Crippen molar-refractivity contribution < 1.29 is 13.9 Å². The van der Waals surface area contributed by atoms with Gasteiger partial charge in [0, 0.05) is 24.4 Å². The SMILES string of the molecule is COc1cc(C(=O)NCC2(C)CCC(C)(F)CC2)ccn1. The van der Waals surface area contributed by atoms with E-state index in [1.165, 1.54) is 7.11 Å². The van der Waals surface area contributed by atoms with Crippen molar-refractivity contribution in [3.63, 3.8) is 0 Å². The molecule has 0 atom stereocenters. The van der Waals surface area contributed by atoms with E-state index in [1.807, 2.05) is 0 Å². The van der Waals surface area contributed by atoms with Gasteiger partial charge in [-0.2, -0.15) is 0 Å². The van der Waals surface area contributed by atoms with Crippen LogP contribution >= 0.6 is 0 Å². The van der Waals surface area contributed by atoms with Gasteiger partial charge in [0.05, 0.1) is 7.11 Å². The first-order valence-corrected chi connectivity index (χ1v) is 7.31. The van der Waals surface area contributed by atoms with Gasteiger partial charge in [-0.1, -0.05) is 6.92 Å². The van der Waals surface area contributed by atoms with Crippen LogP contribution in [0.25, 0.3) is 0 Å². The van der Waals surface area contributed by atoms with Crippen molar-refractivity contribution in [2.24, 2.45) is 5.41 Å². The van der Waals surface area contributed by atoms with Crippen molar-refractivity contribution in [1.82, 2.24) is 10.3 Å². The van der Waals surface area contributed by atoms with Gasteiger partial charge >= 0.3 is 0 Å². The number of nitrogens with one attached hydrogen (secondary N) is 1. The van der Waals surface area contributed by atoms with Crippen molar-refractivity contribution in [1.29, 1.82) is 0 Å². The fourth-order valence-electron chi connectivity index (χ4n) is 2.61. The van der Waals surface area contributed by atoms with Crippen LogP contribution in [0.3, 0.4) is 0 Å². The van der Waals surface area contributed by atoms with Crippen LogP contribution in [0, 0.1) is 5.41 Å². The summed E-state index contributed by atoms with van der Waals surface area (Å²) in [4.78, 5) is 16.1. The van der Waals surface area contributed by atoms with E-state index in [4.69, 9.17) is 4.74 Å². The maximum absolute atomic E-state index is 13.9. The number of nitrogens with zero attached hydrogens (tertiary/aromatic N) is 1. The third kappa shape index (κ3) is 4.16. The molecular formula is C16H23FN2O2. The molecule has 0 bridgehead atoms. The van der Waals surface area contributed by atoms with E-state index >= 15 is 0 Å². The van der Waals surface area contributed by atoms with Crippen LogP contribution in [0.5, 0.6) is 5.88 Å². The average Bonchev–Trinajstić information content (AvgIpc) is 2.48. The van der Waals surface area contributed by atoms with Crippen molar-refractivity contribution in [3.8, 4) is 5.88 Å². The van der Waals surface area contributed by atoms with Gasteiger partial charge in [-0.05, 0) is 44.1 Å². The summed E-state index contributed by atoms with van der Waals surface area (Å²) in [5.41, 5.74) is -0.558. The van der Waals surface area contributed by atoms with Crippen LogP contribution in [-0.4, -0.2) is 30.2 Å². The maximum Gasteiger partial charge on any atom is 0.251 e. The van der Waals surface area contributed by atoms with Gasteiger partial charge in [0.25, 0.3) is 5.91 Å². The van der Waals surface area contributed by atoms with Gasteiger partial charge in [0.2, 0.25) is 5.88 Å². The zero-order valence-corrected chi connectivity index (χ0v) is 12.9. The van der Waals surface area contributed by atoms with Gasteiger partial charge in [0.1, 0.15) is 5.67 Å². The first-order valence-electron chi connectivity index (χ1n) is 7.31. The summed E-state index contributed by atoms with van der Waals surface area (Å²) in [6, 6.07) is 3.26. The molecule has 1 amide bonds. The number of pyridine rings is 1. The van der Waals surface area contributed by atoms with E-state index in [0.29, 0.717) is 30.8 Å². The van der Waals surface area contributed by atoms with Crippen molar-refractivity contribution in [2.75, 3.05) is 13.7 Å². The summed E-state index contributed by atoms with van der Waals surface area (Å²) in [6.07, 6.45) is 4.25. The second-order valence-electron chi connectivity index (χ2n) is 6.49. The molecule has 1 N–H and O–H groups in total. The van der Waals surface area contributed by atoms with Crippen LogP contribution in [0.4, 0.5) is 4.39 Å². The predicted octanol–water partition coefficient (Wildman–Crippen LogP) is 3.13. The second-order valence-corrected chi connectivity index (χ2v) is 6.49. The van der Waals surface area contributed by atoms with E-state index in [1.54, 1.807) is 25.3 Å². The van der Waals surface area contributed by atoms with Gasteiger partial charge < -0.3 is 10.1 Å². The molecular weight excluding hydrogens is 271 g/mol. The van der Waals surface area contributed by atoms with Gasteiger partial charge in [-0.15, -0.1) is 0 Å². The zero-order valence-electron chi connectivity index (χ0n) is 12.9. The van der Waals surface area contributed by atoms with Crippen LogP contribution in [0.1, 0.15) is 49.9 Å². The Morgan fingerprint density at radius 2 is 2.05 bits per heavy atom. The van der Waals surface area contributed by atoms with E-state index < -0.39 is 5.67 Å². The Hall–Kier alpha value is -1.65. The Morgan fingerprint density at radius 1 is 1.38 bits per heavy atom. The van der Waals surface area contributed by atoms with Crippen LogP contribution in [-0.2, 0) is 0 Å². The molecule has 0 saturated heterocycles. The minimum absolute atomic E-state index is 0.0294. The molecule has 0 aromatic carbocycles. The lowest BCUT2D eigenvalue weighted by molar-refractivity contribution is 0.0591. The quantitative estimate of drug-likeness (QED) is 0.928. The molecule has 0 spiro atoms. The summed E-state index contributed by atoms with van der Waals surface area (Å²) in [5, 5.41) is 2.94. The largest absolute Gasteiger partial charge is 0.481 e. The summed E-state index contributed by atoms with van der Waals surface area (Å²) < 4.78 is 18.9. The molecule has 1 fully saturated rings. The molecule has 0 aliphatic heterocycles. The molecule has 2 rings (SSSR count). The average molecular weight is 294 g/mol. The molecule has 21 heavy (non-hydrogen) atoms. The molecule has 1 aliphatic carbocycles. The number of alkyl halides is 1. The third-order valence-corrected chi connectivity index (χ3v) is 4.38. The van der Waals surface area contributed by atoms with Gasteiger partial charge in [0.15, 0.2) is 0 Å². The van der Waals surface area contributed by atoms with Crippen LogP contribution < -0.4 is 10.1 Å². The molecule has 4 nitrogen and oxygen atoms in total. The molecule has 1 aromatic heterocycles. The third-order valence-electron chi connectivity index (χ3n) is 4.38. The number of hydrogen-bond acceptors (Lipinski definition) is 3. The number of hydrogen-bond donors (Lipinski definition) is 1. The van der Waals surface area contributed by atoms with Gasteiger partial charge in [-0.25, -0.2) is 9.37 Å². The monoisotopic (exact) mass is 294 g/mol. The number of aromatic nitrogens is 1. The van der Waals surface area contributed by atoms with E-state index in [0.717, 1.165) is 12.8 Å². The Bertz CT molecular complexity index is 507. The highest BCUT2D eigenvalue weighted by atomic mass is 19.1. The minimum atomic E-state index is -1.05. The van der Waals surface area contributed by atoms with E-state index in [-0.39, 0.29) is 11.3 Å². The number of amides is 1. The molecule has 1 aliphatic rings. The predicted molar refractivity (Wildman–Crippen MR) is 79.2 cm³/mol. The number of carbonyl (C=O) groups excluding carboxylic acids is 1. The maximum atomic E-state index is 13.9. The van der Waals surface area contributed by atoms with Crippen molar-refractivity contribution in [3.05, 3.63) is 23.9 Å². The van der Waals surface area contributed by atoms with E-state index in [2.05, 4.69) is 17.2 Å². The van der Waals surface area contributed by atoms with Crippen molar-refractivity contribution in [2.45, 2.75) is 45.2 Å². The Morgan fingerprint density at radius 3 is 2.67 bits per heavy atom. The van der Waals surface area contributed by atoms with E-state index in [9.17, 15) is 9.18 Å². The highest BCUT2D eigenvalue weighted by Gasteiger charge is 2.37. The first kappa shape index (κ1) is 15.7. The minimum Gasteiger partial charge on any atom is -0.481 e. The summed E-state index contributed by atoms with van der Waals surface area (Å²) in [7, 11) is 1.51. The van der Waals surface area contributed by atoms with Gasteiger partial charge in [-0.3, -0.25) is 4.79 Å². The highest BCUT2D eigenvalue weighted by molar-refractivity contribution is 5.94. The lowest BCUT2D eigenvalue weighted by Gasteiger charge is -2.39. The fourth-order valence-corrected chi connectivity index (χ4v) is 2.61. The number of halogens is 1. The van der Waals surface area contributed by atoms with Crippen molar-refractivity contribution >= 4 is 5.91 Å².